The van der Waals surface area contributed by atoms with Gasteiger partial charge in [-0.15, -0.1) is 0 Å². The van der Waals surface area contributed by atoms with Crippen molar-refractivity contribution in [2.45, 2.75) is 12.8 Å². The van der Waals surface area contributed by atoms with Crippen LogP contribution in [0.3, 0.4) is 0 Å². The minimum Gasteiger partial charge on any atom is -0.508 e. The number of phenolic OH excluding ortho intramolecular Hbond substituents is 1. The Morgan fingerprint density at radius 2 is 1.86 bits per heavy atom. The number of hydrogen-bond donors (Lipinski definition) is 3. The number of carbonyl (C=O) groups is 1. The van der Waals surface area contributed by atoms with E-state index in [4.69, 9.17) is 5.11 Å². The molecule has 0 saturated heterocycles. The number of aromatic hydroxyl groups is 1. The third kappa shape index (κ3) is 4.82. The van der Waals surface area contributed by atoms with Crippen LogP contribution in [0.15, 0.2) is 54.6 Å². The summed E-state index contributed by atoms with van der Waals surface area (Å²) in [5.74, 6) is -1.59. The van der Waals surface area contributed by atoms with Crippen LogP contribution in [0, 0.1) is 11.6 Å². The van der Waals surface area contributed by atoms with Gasteiger partial charge in [-0.25, -0.2) is 13.8 Å². The molecule has 0 aliphatic rings. The van der Waals surface area contributed by atoms with Gasteiger partial charge >= 0.3 is 5.97 Å². The molecule has 0 aliphatic carbocycles. The van der Waals surface area contributed by atoms with Crippen molar-refractivity contribution in [3.05, 3.63) is 66.2 Å². The van der Waals surface area contributed by atoms with Crippen LogP contribution in [0.2, 0.25) is 0 Å². The number of aromatic nitrogens is 1. The number of nitrogens with zero attached hydrogens (tertiary/aromatic N) is 1. The zero-order chi connectivity index (χ0) is 20.1. The fourth-order valence-corrected chi connectivity index (χ4v) is 2.76. The molecule has 2 aromatic carbocycles. The average molecular weight is 384 g/mol. The molecule has 0 spiro atoms. The van der Waals surface area contributed by atoms with Crippen LogP contribution in [0.1, 0.15) is 12.8 Å². The smallest absolute Gasteiger partial charge is 0.303 e. The first-order chi connectivity index (χ1) is 13.4. The summed E-state index contributed by atoms with van der Waals surface area (Å²) < 4.78 is 27.9. The van der Waals surface area contributed by atoms with Gasteiger partial charge in [0.1, 0.15) is 23.2 Å². The molecule has 0 fully saturated rings. The van der Waals surface area contributed by atoms with E-state index in [9.17, 15) is 18.7 Å². The molecule has 3 rings (SSSR count). The zero-order valence-corrected chi connectivity index (χ0v) is 14.8. The van der Waals surface area contributed by atoms with Crippen molar-refractivity contribution in [1.29, 1.82) is 0 Å². The van der Waals surface area contributed by atoms with Crippen molar-refractivity contribution in [2.24, 2.45) is 0 Å². The van der Waals surface area contributed by atoms with E-state index in [1.807, 2.05) is 0 Å². The molecule has 1 heterocycles. The van der Waals surface area contributed by atoms with E-state index < -0.39 is 17.6 Å². The monoisotopic (exact) mass is 384 g/mol. The molecular formula is C21H18F2N2O3. The number of nitrogens with one attached hydrogen (secondary N) is 1. The van der Waals surface area contributed by atoms with Gasteiger partial charge in [-0.1, -0.05) is 12.1 Å². The first-order valence-electron chi connectivity index (χ1n) is 8.65. The third-order valence-electron chi connectivity index (χ3n) is 4.08. The Kier molecular flexibility index (Phi) is 5.84. The Morgan fingerprint density at radius 1 is 1.04 bits per heavy atom. The van der Waals surface area contributed by atoms with Crippen LogP contribution in [-0.4, -0.2) is 27.7 Å². The molecule has 0 atom stereocenters. The van der Waals surface area contributed by atoms with Crippen LogP contribution in [0.4, 0.5) is 14.6 Å². The Hall–Kier alpha value is -3.48. The van der Waals surface area contributed by atoms with Crippen molar-refractivity contribution < 1.29 is 23.8 Å². The summed E-state index contributed by atoms with van der Waals surface area (Å²) in [6.07, 6.45) is 0.391. The number of aliphatic carboxylic acids is 1. The SMILES string of the molecule is O=C(O)CCCNc1cc(-c2cc(F)ccc2F)cc(-c2cccc(O)c2)n1. The van der Waals surface area contributed by atoms with Gasteiger partial charge in [0.15, 0.2) is 0 Å². The summed E-state index contributed by atoms with van der Waals surface area (Å²) in [5.41, 5.74) is 1.55. The van der Waals surface area contributed by atoms with E-state index >= 15 is 0 Å². The Morgan fingerprint density at radius 3 is 2.61 bits per heavy atom. The number of halogens is 2. The lowest BCUT2D eigenvalue weighted by Crippen LogP contribution is -2.06. The first-order valence-corrected chi connectivity index (χ1v) is 8.65. The molecular weight excluding hydrogens is 366 g/mol. The second-order valence-corrected chi connectivity index (χ2v) is 6.22. The highest BCUT2D eigenvalue weighted by atomic mass is 19.1. The second kappa shape index (κ2) is 8.47. The molecule has 0 unspecified atom stereocenters. The molecule has 0 aliphatic heterocycles. The van der Waals surface area contributed by atoms with Crippen LogP contribution < -0.4 is 5.32 Å². The standard InChI is InChI=1S/C21H18F2N2O3/c22-15-6-7-18(23)17(12-15)14-10-19(13-3-1-4-16(26)9-13)25-20(11-14)24-8-2-5-21(27)28/h1,3-4,6-7,9-12,26H,2,5,8H2,(H,24,25)(H,27,28). The average Bonchev–Trinajstić information content (AvgIpc) is 2.67. The normalized spacial score (nSPS) is 10.6. The van der Waals surface area contributed by atoms with Gasteiger partial charge < -0.3 is 15.5 Å². The van der Waals surface area contributed by atoms with Gasteiger partial charge in [0.05, 0.1) is 5.69 Å². The number of phenols is 1. The maximum atomic E-state index is 14.3. The van der Waals surface area contributed by atoms with Gasteiger partial charge in [0.25, 0.3) is 0 Å². The molecule has 0 amide bonds. The molecule has 3 aromatic rings. The first kappa shape index (κ1) is 19.3. The lowest BCUT2D eigenvalue weighted by Gasteiger charge is -2.12. The maximum Gasteiger partial charge on any atom is 0.303 e. The molecule has 0 bridgehead atoms. The topological polar surface area (TPSA) is 82.5 Å². The maximum absolute atomic E-state index is 14.3. The van der Waals surface area contributed by atoms with E-state index in [0.29, 0.717) is 35.6 Å². The Balaban J connectivity index is 2.00. The van der Waals surface area contributed by atoms with E-state index in [0.717, 1.165) is 18.2 Å². The number of hydrogen-bond acceptors (Lipinski definition) is 4. The molecule has 3 N–H and O–H groups in total. The number of anilines is 1. The highest BCUT2D eigenvalue weighted by Gasteiger charge is 2.12. The number of benzene rings is 2. The van der Waals surface area contributed by atoms with E-state index in [-0.39, 0.29) is 17.7 Å². The summed E-state index contributed by atoms with van der Waals surface area (Å²) in [4.78, 5) is 15.1. The van der Waals surface area contributed by atoms with Gasteiger partial charge in [0.2, 0.25) is 0 Å². The van der Waals surface area contributed by atoms with E-state index in [1.165, 1.54) is 12.1 Å². The molecule has 144 valence electrons. The number of carboxylic acid groups (broad SMARTS) is 1. The number of pyridine rings is 1. The van der Waals surface area contributed by atoms with Crippen molar-refractivity contribution in [3.63, 3.8) is 0 Å². The van der Waals surface area contributed by atoms with Crippen molar-refractivity contribution in [1.82, 2.24) is 4.98 Å². The van der Waals surface area contributed by atoms with Crippen LogP contribution >= 0.6 is 0 Å². The Bertz CT molecular complexity index is 1010. The molecule has 7 heteroatoms. The van der Waals surface area contributed by atoms with Crippen molar-refractivity contribution in [3.8, 4) is 28.1 Å². The summed E-state index contributed by atoms with van der Waals surface area (Å²) in [6.45, 7) is 0.355. The lowest BCUT2D eigenvalue weighted by atomic mass is 10.0. The van der Waals surface area contributed by atoms with Gasteiger partial charge in [-0.2, -0.15) is 0 Å². The fourth-order valence-electron chi connectivity index (χ4n) is 2.76. The van der Waals surface area contributed by atoms with Gasteiger partial charge in [0, 0.05) is 24.1 Å². The summed E-state index contributed by atoms with van der Waals surface area (Å²) in [6, 6.07) is 12.8. The second-order valence-electron chi connectivity index (χ2n) is 6.22. The van der Waals surface area contributed by atoms with E-state index in [1.54, 1.807) is 24.3 Å². The van der Waals surface area contributed by atoms with E-state index in [2.05, 4.69) is 10.3 Å². The fraction of sp³-hybridized carbons (Fsp3) is 0.143. The molecule has 1 aromatic heterocycles. The van der Waals surface area contributed by atoms with Crippen LogP contribution in [0.25, 0.3) is 22.4 Å². The highest BCUT2D eigenvalue weighted by molar-refractivity contribution is 5.74. The molecule has 28 heavy (non-hydrogen) atoms. The summed E-state index contributed by atoms with van der Waals surface area (Å²) in [7, 11) is 0. The van der Waals surface area contributed by atoms with Crippen molar-refractivity contribution in [2.75, 3.05) is 11.9 Å². The lowest BCUT2D eigenvalue weighted by molar-refractivity contribution is -0.137. The number of rotatable bonds is 7. The van der Waals surface area contributed by atoms with Crippen molar-refractivity contribution >= 4 is 11.8 Å². The minimum absolute atomic E-state index is 0.00459. The zero-order valence-electron chi connectivity index (χ0n) is 14.8. The predicted molar refractivity (Wildman–Crippen MR) is 102 cm³/mol. The molecule has 5 nitrogen and oxygen atoms in total. The summed E-state index contributed by atoms with van der Waals surface area (Å²) >= 11 is 0. The minimum atomic E-state index is -0.897. The largest absolute Gasteiger partial charge is 0.508 e. The Labute approximate surface area is 160 Å². The predicted octanol–water partition coefficient (Wildman–Crippen LogP) is 4.68. The highest BCUT2D eigenvalue weighted by Crippen LogP contribution is 2.31. The molecule has 0 radical (unpaired) electrons. The third-order valence-corrected chi connectivity index (χ3v) is 4.08. The quantitative estimate of drug-likeness (QED) is 0.516. The summed E-state index contributed by atoms with van der Waals surface area (Å²) in [5, 5.41) is 21.5. The van der Waals surface area contributed by atoms with Gasteiger partial charge in [-0.3, -0.25) is 4.79 Å². The number of carboxylic acids is 1. The molecule has 0 saturated carbocycles. The van der Waals surface area contributed by atoms with Gasteiger partial charge in [-0.05, 0) is 54.4 Å². The van der Waals surface area contributed by atoms with Crippen LogP contribution in [0.5, 0.6) is 5.75 Å². The van der Waals surface area contributed by atoms with Crippen LogP contribution in [-0.2, 0) is 4.79 Å².